The van der Waals surface area contributed by atoms with Gasteiger partial charge in [0.15, 0.2) is 6.29 Å². The van der Waals surface area contributed by atoms with Gasteiger partial charge in [-0.05, 0) is 149 Å². The Kier molecular flexibility index (Phi) is 24.1. The number of nitro groups is 2. The quantitative estimate of drug-likeness (QED) is 0.0511. The molecular formula is C59H87N9O22. The number of hydrogen-bond acceptors (Lipinski definition) is 23. The number of likely N-dealkylation sites (N-methyl/N-ethyl adjacent to an activating group) is 1. The fourth-order valence-corrected chi connectivity index (χ4v) is 10.8. The number of non-ortho nitro benzene ring substituents is 2. The summed E-state index contributed by atoms with van der Waals surface area (Å²) in [4.78, 5) is 105. The number of ether oxygens (including phenoxy) is 8. The molecule has 3 aliphatic heterocycles. The van der Waals surface area contributed by atoms with Gasteiger partial charge in [0, 0.05) is 56.4 Å². The molecule has 3 heterocycles. The van der Waals surface area contributed by atoms with E-state index in [4.69, 9.17) is 37.9 Å². The van der Waals surface area contributed by atoms with Crippen molar-refractivity contribution in [3.63, 3.8) is 0 Å². The summed E-state index contributed by atoms with van der Waals surface area (Å²) in [7, 11) is 1.27. The Morgan fingerprint density at radius 3 is 1.81 bits per heavy atom. The second kappa shape index (κ2) is 30.4. The van der Waals surface area contributed by atoms with Gasteiger partial charge in [0.05, 0.1) is 53.8 Å². The van der Waals surface area contributed by atoms with Crippen LogP contribution in [-0.2, 0) is 55.9 Å². The first-order valence-corrected chi connectivity index (χ1v) is 29.6. The number of rotatable bonds is 20. The molecule has 2 aromatic carbocycles. The summed E-state index contributed by atoms with van der Waals surface area (Å²) in [5.74, 6) is -2.15. The van der Waals surface area contributed by atoms with Crippen molar-refractivity contribution in [1.29, 1.82) is 0 Å². The Hall–Kier alpha value is -7.68. The van der Waals surface area contributed by atoms with Gasteiger partial charge in [-0.3, -0.25) is 25.0 Å². The van der Waals surface area contributed by atoms with Crippen LogP contribution >= 0.6 is 0 Å². The van der Waals surface area contributed by atoms with Crippen molar-refractivity contribution in [2.45, 2.75) is 192 Å². The molecule has 1 aliphatic carbocycles. The zero-order valence-corrected chi connectivity index (χ0v) is 52.5. The van der Waals surface area contributed by atoms with Crippen LogP contribution in [0.5, 0.6) is 0 Å². The van der Waals surface area contributed by atoms with E-state index >= 15 is 0 Å². The summed E-state index contributed by atoms with van der Waals surface area (Å²) < 4.78 is 46.9. The largest absolute Gasteiger partial charge is 0.491 e. The van der Waals surface area contributed by atoms with E-state index in [1.54, 1.807) is 73.3 Å². The normalized spacial score (nSPS) is 26.0. The first-order chi connectivity index (χ1) is 42.0. The van der Waals surface area contributed by atoms with Gasteiger partial charge in [-0.2, -0.15) is 0 Å². The van der Waals surface area contributed by atoms with E-state index < -0.39 is 162 Å². The van der Waals surface area contributed by atoms with Crippen molar-refractivity contribution in [2.75, 3.05) is 46.4 Å². The van der Waals surface area contributed by atoms with E-state index in [1.165, 1.54) is 62.5 Å². The van der Waals surface area contributed by atoms with Gasteiger partial charge in [0.1, 0.15) is 65.8 Å². The molecular weight excluding hydrogens is 1190 g/mol. The number of carbonyl (C=O) groups is 6. The standard InChI is InChI=1S/C59H87N9O22/c1-56(2,3)88-51(73)61-29-42(69)49(72)62-41-26-40(64-53(75)84-31-35-14-18-37(19-15-35)68(81)82)43(44(70)47(41)87-50-45(71)48(59(10,78)32-85-50)65(11)54(76)89-57(4,5)6)46-39(63-52(74)83-30-34-12-16-36(17-13-34)67(79)80)21-20-38(86-46)28-60-27-33-22-24-66(25-23-33)55(77)90-58(7,8)9/h12-20,33,39-48,50,60,69-71,78H,21-32H2,1-11H3,(H,61,73)(H,62,72)(H,63,74)(H,64,75)/t39-,40+,41-,42+,43?,44+,45-,46+,47+,48-,50-,59+/m1/s1. The highest BCUT2D eigenvalue weighted by molar-refractivity contribution is 5.82. The van der Waals surface area contributed by atoms with Gasteiger partial charge in [0.2, 0.25) is 0 Å². The fourth-order valence-electron chi connectivity index (χ4n) is 10.8. The zero-order chi connectivity index (χ0) is 66.6. The molecule has 500 valence electrons. The molecule has 90 heavy (non-hydrogen) atoms. The Bertz CT molecular complexity index is 2850. The number of nitrogens with zero attached hydrogens (tertiary/aromatic N) is 4. The number of amides is 6. The second-order valence-electron chi connectivity index (χ2n) is 26.0. The first-order valence-electron chi connectivity index (χ1n) is 29.6. The van der Waals surface area contributed by atoms with Crippen molar-refractivity contribution in [1.82, 2.24) is 36.4 Å². The topological polar surface area (TPSA) is 410 Å². The van der Waals surface area contributed by atoms with E-state index in [2.05, 4.69) is 26.6 Å². The predicted octanol–water partition coefficient (Wildman–Crippen LogP) is 4.14. The lowest BCUT2D eigenvalue weighted by atomic mass is 9.72. The summed E-state index contributed by atoms with van der Waals surface area (Å²) in [5.41, 5.74) is -4.30. The molecule has 2 aromatic rings. The highest BCUT2D eigenvalue weighted by atomic mass is 16.7. The maximum absolute atomic E-state index is 14.2. The van der Waals surface area contributed by atoms with Crippen molar-refractivity contribution in [3.05, 3.63) is 91.7 Å². The van der Waals surface area contributed by atoms with Crippen molar-refractivity contribution < 1.29 is 96.9 Å². The zero-order valence-electron chi connectivity index (χ0n) is 52.5. The minimum atomic E-state index is -1.99. The van der Waals surface area contributed by atoms with Gasteiger partial charge in [0.25, 0.3) is 17.3 Å². The smallest absolute Gasteiger partial charge is 0.410 e. The molecule has 1 saturated carbocycles. The molecule has 0 bridgehead atoms. The van der Waals surface area contributed by atoms with Gasteiger partial charge in [-0.25, -0.2) is 24.0 Å². The molecule has 2 saturated heterocycles. The molecule has 0 spiro atoms. The molecule has 31 heteroatoms. The molecule has 1 unspecified atom stereocenters. The lowest BCUT2D eigenvalue weighted by molar-refractivity contribution is -0.385. The van der Waals surface area contributed by atoms with Crippen molar-refractivity contribution >= 4 is 47.7 Å². The third-order valence-corrected chi connectivity index (χ3v) is 15.0. The van der Waals surface area contributed by atoms with Crippen LogP contribution in [0.25, 0.3) is 0 Å². The summed E-state index contributed by atoms with van der Waals surface area (Å²) in [6, 6.07) is 4.90. The molecule has 9 N–H and O–H groups in total. The molecule has 0 aromatic heterocycles. The van der Waals surface area contributed by atoms with E-state index in [9.17, 15) is 69.4 Å². The van der Waals surface area contributed by atoms with E-state index in [-0.39, 0.29) is 36.9 Å². The van der Waals surface area contributed by atoms with Crippen LogP contribution in [0.3, 0.4) is 0 Å². The van der Waals surface area contributed by atoms with Crippen LogP contribution in [0, 0.1) is 32.1 Å². The van der Waals surface area contributed by atoms with Crippen LogP contribution in [0.2, 0.25) is 0 Å². The number of aliphatic hydroxyl groups excluding tert-OH is 3. The number of benzene rings is 2. The van der Waals surface area contributed by atoms with Crippen LogP contribution in [0.15, 0.2) is 60.4 Å². The molecule has 6 amide bonds. The Morgan fingerprint density at radius 2 is 1.29 bits per heavy atom. The average molecular weight is 1270 g/mol. The van der Waals surface area contributed by atoms with Gasteiger partial charge >= 0.3 is 30.5 Å². The molecule has 4 aliphatic rings. The number of nitro benzene ring substituents is 2. The lowest BCUT2D eigenvalue weighted by Crippen LogP contribution is -2.71. The number of piperidine rings is 1. The van der Waals surface area contributed by atoms with Gasteiger partial charge in [-0.15, -0.1) is 0 Å². The maximum atomic E-state index is 14.2. The number of carbonyl (C=O) groups excluding carboxylic acids is 6. The molecule has 31 nitrogen and oxygen atoms in total. The maximum Gasteiger partial charge on any atom is 0.410 e. The summed E-state index contributed by atoms with van der Waals surface area (Å²) >= 11 is 0. The number of alkyl carbamates (subject to hydrolysis) is 3. The number of aliphatic hydroxyl groups is 4. The highest BCUT2D eigenvalue weighted by Crippen LogP contribution is 2.39. The third-order valence-electron chi connectivity index (χ3n) is 15.0. The highest BCUT2D eigenvalue weighted by Gasteiger charge is 2.57. The van der Waals surface area contributed by atoms with Crippen LogP contribution < -0.4 is 26.6 Å². The van der Waals surface area contributed by atoms with Gasteiger partial charge in [-0.1, -0.05) is 0 Å². The predicted molar refractivity (Wildman–Crippen MR) is 317 cm³/mol. The van der Waals surface area contributed by atoms with Crippen molar-refractivity contribution in [3.8, 4) is 0 Å². The monoisotopic (exact) mass is 1270 g/mol. The van der Waals surface area contributed by atoms with E-state index in [1.807, 2.05) is 0 Å². The van der Waals surface area contributed by atoms with Crippen LogP contribution in [-0.4, -0.2) is 206 Å². The molecule has 12 atom stereocenters. The number of likely N-dealkylation sites (tertiary alicyclic amines) is 1. The van der Waals surface area contributed by atoms with Crippen LogP contribution in [0.4, 0.5) is 35.3 Å². The summed E-state index contributed by atoms with van der Waals surface area (Å²) in [6.45, 7) is 15.7. The lowest BCUT2D eigenvalue weighted by Gasteiger charge is -2.52. The number of nitrogens with one attached hydrogen (secondary N) is 5. The Morgan fingerprint density at radius 1 is 0.756 bits per heavy atom. The Labute approximate surface area is 521 Å². The van der Waals surface area contributed by atoms with Crippen LogP contribution in [0.1, 0.15) is 106 Å². The third kappa shape index (κ3) is 20.9. The van der Waals surface area contributed by atoms with Gasteiger partial charge < -0.3 is 94.7 Å². The van der Waals surface area contributed by atoms with E-state index in [0.29, 0.717) is 49.4 Å². The van der Waals surface area contributed by atoms with E-state index in [0.717, 1.165) is 4.90 Å². The molecule has 3 fully saturated rings. The fraction of sp³-hybridized carbons (Fsp3) is 0.661. The summed E-state index contributed by atoms with van der Waals surface area (Å²) in [5, 5.41) is 84.9. The van der Waals surface area contributed by atoms with Crippen molar-refractivity contribution in [2.24, 2.45) is 11.8 Å². The molecule has 0 radical (unpaired) electrons. The average Bonchev–Trinajstić information content (AvgIpc) is 0.766. The number of hydrogen-bond donors (Lipinski definition) is 9. The Balaban J connectivity index is 1.37. The molecule has 6 rings (SSSR count). The first kappa shape index (κ1) is 71.4. The SMILES string of the molecule is CN(C(=O)OC(C)(C)C)[C@@H]1[C@@H](O)[C@@H](O[C@H]2[C@H](NC(=O)[C@@H](O)CNC(=O)OC(C)(C)C)C[C@H](NC(=O)OCc3ccc([N+](=O)[O-])cc3)C([C@H]3OC(CNCC4CCN(C(=O)OC(C)(C)C)CC4)=CC[C@H]3NC(=O)OCc3ccc([N+](=O)[O-])cc3)[C@@H]2O)OC[C@]1(C)O. The minimum absolute atomic E-state index is 0.0101. The second-order valence-corrected chi connectivity index (χ2v) is 26.0. The summed E-state index contributed by atoms with van der Waals surface area (Å²) in [6.07, 6.45) is -12.8. The minimum Gasteiger partial charge on any atom is -0.491 e.